The summed E-state index contributed by atoms with van der Waals surface area (Å²) in [5, 5.41) is 8.56. The van der Waals surface area contributed by atoms with Gasteiger partial charge in [0.05, 0.1) is 19.0 Å². The van der Waals surface area contributed by atoms with Gasteiger partial charge in [-0.1, -0.05) is 18.2 Å². The van der Waals surface area contributed by atoms with Crippen molar-refractivity contribution in [3.8, 4) is 17.0 Å². The van der Waals surface area contributed by atoms with Crippen LogP contribution in [-0.4, -0.2) is 33.7 Å². The number of rotatable bonds is 4. The van der Waals surface area contributed by atoms with E-state index in [4.69, 9.17) is 4.74 Å². The minimum Gasteiger partial charge on any atom is -0.494 e. The van der Waals surface area contributed by atoms with Crippen molar-refractivity contribution in [1.82, 2.24) is 20.1 Å². The molecule has 5 nitrogen and oxygen atoms in total. The molecule has 0 spiro atoms. The molecule has 28 heavy (non-hydrogen) atoms. The van der Waals surface area contributed by atoms with Gasteiger partial charge in [-0.3, -0.25) is 10.00 Å². The Morgan fingerprint density at radius 1 is 1.21 bits per heavy atom. The summed E-state index contributed by atoms with van der Waals surface area (Å²) in [6.45, 7) is 2.61. The van der Waals surface area contributed by atoms with Gasteiger partial charge in [0, 0.05) is 47.4 Å². The summed E-state index contributed by atoms with van der Waals surface area (Å²) in [5.41, 5.74) is 6.60. The lowest BCUT2D eigenvalue weighted by Gasteiger charge is -2.26. The first-order valence-corrected chi connectivity index (χ1v) is 9.40. The summed E-state index contributed by atoms with van der Waals surface area (Å²) in [4.78, 5) is 5.96. The molecule has 2 aromatic heterocycles. The third-order valence-electron chi connectivity index (χ3n) is 5.51. The molecular weight excluding hydrogens is 355 g/mol. The average Bonchev–Trinajstić information content (AvgIpc) is 3.31. The Kier molecular flexibility index (Phi) is 4.13. The lowest BCUT2D eigenvalue weighted by Crippen LogP contribution is -2.29. The van der Waals surface area contributed by atoms with Gasteiger partial charge < -0.3 is 9.72 Å². The maximum Gasteiger partial charge on any atom is 0.165 e. The van der Waals surface area contributed by atoms with Gasteiger partial charge in [-0.05, 0) is 36.2 Å². The van der Waals surface area contributed by atoms with Gasteiger partial charge in [-0.15, -0.1) is 0 Å². The Morgan fingerprint density at radius 3 is 2.96 bits per heavy atom. The van der Waals surface area contributed by atoms with Gasteiger partial charge in [0.25, 0.3) is 0 Å². The first kappa shape index (κ1) is 17.0. The van der Waals surface area contributed by atoms with Crippen LogP contribution in [-0.2, 0) is 19.5 Å². The van der Waals surface area contributed by atoms with Crippen molar-refractivity contribution in [2.45, 2.75) is 19.5 Å². The van der Waals surface area contributed by atoms with Crippen molar-refractivity contribution in [3.05, 3.63) is 71.3 Å². The molecular formula is C22H21FN4O. The number of halogens is 1. The van der Waals surface area contributed by atoms with E-state index in [9.17, 15) is 4.39 Å². The molecule has 0 aliphatic carbocycles. The maximum atomic E-state index is 14.1. The molecule has 0 amide bonds. The second-order valence-corrected chi connectivity index (χ2v) is 7.21. The number of fused-ring (bicyclic) bond motifs is 3. The summed E-state index contributed by atoms with van der Waals surface area (Å²) in [6, 6.07) is 13.5. The maximum absolute atomic E-state index is 14.1. The second-order valence-electron chi connectivity index (χ2n) is 7.21. The van der Waals surface area contributed by atoms with Gasteiger partial charge in [0.15, 0.2) is 11.6 Å². The fourth-order valence-corrected chi connectivity index (χ4v) is 4.13. The van der Waals surface area contributed by atoms with E-state index in [0.29, 0.717) is 0 Å². The lowest BCUT2D eigenvalue weighted by atomic mass is 10.0. The van der Waals surface area contributed by atoms with Gasteiger partial charge in [0.2, 0.25) is 0 Å². The van der Waals surface area contributed by atoms with Crippen LogP contribution in [0.3, 0.4) is 0 Å². The van der Waals surface area contributed by atoms with E-state index in [2.05, 4.69) is 44.3 Å². The molecule has 0 saturated heterocycles. The molecule has 3 heterocycles. The molecule has 0 radical (unpaired) electrons. The smallest absolute Gasteiger partial charge is 0.165 e. The molecule has 6 heteroatoms. The van der Waals surface area contributed by atoms with Crippen LogP contribution in [0, 0.1) is 5.82 Å². The fraction of sp³-hybridized carbons (Fsp3) is 0.227. The highest BCUT2D eigenvalue weighted by Crippen LogP contribution is 2.30. The SMILES string of the molecule is COc1ccc(-c2[nH]ncc2CN2CCc3c([nH]c4ccccc34)C2)cc1F. The Hall–Kier alpha value is -3.12. The predicted octanol–water partition coefficient (Wildman–Crippen LogP) is 4.26. The van der Waals surface area contributed by atoms with Crippen molar-refractivity contribution >= 4 is 10.9 Å². The number of benzene rings is 2. The summed E-state index contributed by atoms with van der Waals surface area (Å²) >= 11 is 0. The quantitative estimate of drug-likeness (QED) is 0.559. The largest absolute Gasteiger partial charge is 0.494 e. The number of aromatic amines is 2. The minimum atomic E-state index is -0.374. The highest BCUT2D eigenvalue weighted by Gasteiger charge is 2.22. The van der Waals surface area contributed by atoms with E-state index in [1.807, 2.05) is 12.3 Å². The molecule has 142 valence electrons. The molecule has 5 rings (SSSR count). The first-order chi connectivity index (χ1) is 13.7. The zero-order chi connectivity index (χ0) is 19.1. The molecule has 0 unspecified atom stereocenters. The highest BCUT2D eigenvalue weighted by molar-refractivity contribution is 5.84. The van der Waals surface area contributed by atoms with Crippen LogP contribution >= 0.6 is 0 Å². The molecule has 0 fully saturated rings. The average molecular weight is 376 g/mol. The normalized spacial score (nSPS) is 14.4. The third kappa shape index (κ3) is 2.86. The number of nitrogens with one attached hydrogen (secondary N) is 2. The van der Waals surface area contributed by atoms with E-state index >= 15 is 0 Å². The van der Waals surface area contributed by atoms with E-state index < -0.39 is 0 Å². The monoisotopic (exact) mass is 376 g/mol. The van der Waals surface area contributed by atoms with Crippen LogP contribution in [0.2, 0.25) is 0 Å². The zero-order valence-electron chi connectivity index (χ0n) is 15.6. The molecule has 4 aromatic rings. The molecule has 2 N–H and O–H groups in total. The zero-order valence-corrected chi connectivity index (χ0v) is 15.6. The number of hydrogen-bond donors (Lipinski definition) is 2. The molecule has 1 aliphatic rings. The minimum absolute atomic E-state index is 0.243. The Morgan fingerprint density at radius 2 is 2.11 bits per heavy atom. The van der Waals surface area contributed by atoms with Crippen LogP contribution in [0.1, 0.15) is 16.8 Å². The number of aromatic nitrogens is 3. The van der Waals surface area contributed by atoms with Gasteiger partial charge >= 0.3 is 0 Å². The van der Waals surface area contributed by atoms with E-state index in [-0.39, 0.29) is 11.6 Å². The molecule has 0 atom stereocenters. The number of hydrogen-bond acceptors (Lipinski definition) is 3. The summed E-state index contributed by atoms with van der Waals surface area (Å²) in [5.74, 6) is -0.131. The number of para-hydroxylation sites is 1. The van der Waals surface area contributed by atoms with Gasteiger partial charge in [-0.2, -0.15) is 5.10 Å². The third-order valence-corrected chi connectivity index (χ3v) is 5.51. The van der Waals surface area contributed by atoms with Crippen LogP contribution in [0.15, 0.2) is 48.7 Å². The summed E-state index contributed by atoms with van der Waals surface area (Å²) < 4.78 is 19.1. The topological polar surface area (TPSA) is 56.9 Å². The predicted molar refractivity (Wildman–Crippen MR) is 107 cm³/mol. The molecule has 2 aromatic carbocycles. The standard InChI is InChI=1S/C22H21FN4O/c1-28-21-7-6-14(10-18(21)23)22-15(11-24-26-22)12-27-9-8-17-16-4-2-3-5-19(16)25-20(17)13-27/h2-7,10-11,25H,8-9,12-13H2,1H3,(H,24,26). The summed E-state index contributed by atoms with van der Waals surface area (Å²) in [6.07, 6.45) is 2.85. The number of methoxy groups -OCH3 is 1. The Balaban J connectivity index is 1.39. The summed E-state index contributed by atoms with van der Waals surface area (Å²) in [7, 11) is 1.47. The van der Waals surface area contributed by atoms with Gasteiger partial charge in [-0.25, -0.2) is 4.39 Å². The Bertz CT molecular complexity index is 1150. The molecule has 0 saturated carbocycles. The van der Waals surface area contributed by atoms with Crippen molar-refractivity contribution in [2.75, 3.05) is 13.7 Å². The van der Waals surface area contributed by atoms with E-state index in [1.54, 1.807) is 6.07 Å². The van der Waals surface area contributed by atoms with E-state index in [0.717, 1.165) is 42.9 Å². The number of ether oxygens (including phenoxy) is 1. The molecule has 0 bridgehead atoms. The van der Waals surface area contributed by atoms with Crippen molar-refractivity contribution in [2.24, 2.45) is 0 Å². The van der Waals surface area contributed by atoms with Crippen molar-refractivity contribution in [3.63, 3.8) is 0 Å². The van der Waals surface area contributed by atoms with Crippen LogP contribution in [0.25, 0.3) is 22.2 Å². The highest BCUT2D eigenvalue weighted by atomic mass is 19.1. The molecule has 1 aliphatic heterocycles. The van der Waals surface area contributed by atoms with Crippen LogP contribution < -0.4 is 4.74 Å². The number of nitrogens with zero attached hydrogens (tertiary/aromatic N) is 2. The van der Waals surface area contributed by atoms with Crippen molar-refractivity contribution < 1.29 is 9.13 Å². The second kappa shape index (κ2) is 6.80. The fourth-order valence-electron chi connectivity index (χ4n) is 4.13. The van der Waals surface area contributed by atoms with Crippen molar-refractivity contribution in [1.29, 1.82) is 0 Å². The van der Waals surface area contributed by atoms with E-state index in [1.165, 1.54) is 35.3 Å². The van der Waals surface area contributed by atoms with Crippen LogP contribution in [0.5, 0.6) is 5.75 Å². The van der Waals surface area contributed by atoms with Crippen LogP contribution in [0.4, 0.5) is 4.39 Å². The lowest BCUT2D eigenvalue weighted by molar-refractivity contribution is 0.244. The first-order valence-electron chi connectivity index (χ1n) is 9.40. The Labute approximate surface area is 162 Å². The van der Waals surface area contributed by atoms with Gasteiger partial charge in [0.1, 0.15) is 0 Å². The number of H-pyrrole nitrogens is 2.